The summed E-state index contributed by atoms with van der Waals surface area (Å²) in [4.78, 5) is 13.9. The number of pyridine rings is 1. The Bertz CT molecular complexity index is 677. The number of aryl methyl sites for hydroxylation is 1. The fourth-order valence-electron chi connectivity index (χ4n) is 1.60. The van der Waals surface area contributed by atoms with Crippen LogP contribution in [0.4, 0.5) is 14.5 Å². The van der Waals surface area contributed by atoms with Gasteiger partial charge >= 0.3 is 0 Å². The molecule has 1 heterocycles. The van der Waals surface area contributed by atoms with Crippen LogP contribution < -0.4 is 0 Å². The predicted molar refractivity (Wildman–Crippen MR) is 66.0 cm³/mol. The highest BCUT2D eigenvalue weighted by Crippen LogP contribution is 2.32. The number of hydrogen-bond donors (Lipinski definition) is 0. The van der Waals surface area contributed by atoms with Gasteiger partial charge in [0.25, 0.3) is 5.69 Å². The van der Waals surface area contributed by atoms with Crippen molar-refractivity contribution in [3.8, 4) is 11.3 Å². The number of aromatic nitrogens is 1. The maximum absolute atomic E-state index is 13.8. The predicted octanol–water partition coefficient (Wildman–Crippen LogP) is 3.90. The Hall–Kier alpha value is -2.08. The van der Waals surface area contributed by atoms with Crippen LogP contribution in [0.2, 0.25) is 5.15 Å². The Morgan fingerprint density at radius 1 is 1.21 bits per heavy atom. The van der Waals surface area contributed by atoms with E-state index in [0.29, 0.717) is 0 Å². The number of halogens is 3. The SMILES string of the molecule is Cc1ccc(-c2nc(Cl)ccc2[N+](=O)[O-])c(F)c1F. The Kier molecular flexibility index (Phi) is 3.44. The minimum Gasteiger partial charge on any atom is -0.258 e. The van der Waals surface area contributed by atoms with Gasteiger partial charge in [0.2, 0.25) is 0 Å². The van der Waals surface area contributed by atoms with Crippen molar-refractivity contribution in [3.63, 3.8) is 0 Å². The summed E-state index contributed by atoms with van der Waals surface area (Å²) >= 11 is 5.64. The number of nitrogens with zero attached hydrogens (tertiary/aromatic N) is 2. The molecule has 0 aliphatic rings. The molecule has 0 aliphatic heterocycles. The summed E-state index contributed by atoms with van der Waals surface area (Å²) in [5.41, 5.74) is -0.927. The van der Waals surface area contributed by atoms with E-state index in [4.69, 9.17) is 11.6 Å². The van der Waals surface area contributed by atoms with Crippen molar-refractivity contribution in [2.24, 2.45) is 0 Å². The molecule has 0 saturated carbocycles. The molecule has 4 nitrogen and oxygen atoms in total. The summed E-state index contributed by atoms with van der Waals surface area (Å²) in [6.45, 7) is 1.39. The van der Waals surface area contributed by atoms with E-state index < -0.39 is 22.2 Å². The van der Waals surface area contributed by atoms with Gasteiger partial charge in [0.05, 0.1) is 4.92 Å². The van der Waals surface area contributed by atoms with Gasteiger partial charge < -0.3 is 0 Å². The first-order chi connectivity index (χ1) is 8.91. The molecule has 0 amide bonds. The first kappa shape index (κ1) is 13.4. The van der Waals surface area contributed by atoms with Gasteiger partial charge in [-0.2, -0.15) is 0 Å². The second kappa shape index (κ2) is 4.89. The van der Waals surface area contributed by atoms with Gasteiger partial charge in [0.15, 0.2) is 17.3 Å². The van der Waals surface area contributed by atoms with Crippen LogP contribution in [0.1, 0.15) is 5.56 Å². The van der Waals surface area contributed by atoms with Crippen LogP contribution >= 0.6 is 11.6 Å². The number of hydrogen-bond acceptors (Lipinski definition) is 3. The van der Waals surface area contributed by atoms with E-state index in [-0.39, 0.29) is 22.0 Å². The lowest BCUT2D eigenvalue weighted by Gasteiger charge is -2.06. The molecule has 0 N–H and O–H groups in total. The van der Waals surface area contributed by atoms with E-state index in [1.807, 2.05) is 0 Å². The summed E-state index contributed by atoms with van der Waals surface area (Å²) < 4.78 is 27.3. The zero-order valence-electron chi connectivity index (χ0n) is 9.65. The number of nitro groups is 1. The highest BCUT2D eigenvalue weighted by molar-refractivity contribution is 6.29. The van der Waals surface area contributed by atoms with Gasteiger partial charge in [0, 0.05) is 11.6 Å². The van der Waals surface area contributed by atoms with Crippen LogP contribution in [-0.4, -0.2) is 9.91 Å². The fraction of sp³-hybridized carbons (Fsp3) is 0.0833. The quantitative estimate of drug-likeness (QED) is 0.477. The Balaban J connectivity index is 2.75. The lowest BCUT2D eigenvalue weighted by atomic mass is 10.1. The fourth-order valence-corrected chi connectivity index (χ4v) is 1.75. The van der Waals surface area contributed by atoms with E-state index in [9.17, 15) is 18.9 Å². The molecule has 19 heavy (non-hydrogen) atoms. The zero-order chi connectivity index (χ0) is 14.2. The molecule has 0 radical (unpaired) electrons. The Labute approximate surface area is 111 Å². The molecule has 0 bridgehead atoms. The first-order valence-corrected chi connectivity index (χ1v) is 5.55. The van der Waals surface area contributed by atoms with E-state index in [0.717, 1.165) is 6.07 Å². The number of rotatable bonds is 2. The summed E-state index contributed by atoms with van der Waals surface area (Å²) in [5.74, 6) is -2.24. The van der Waals surface area contributed by atoms with E-state index in [1.54, 1.807) is 0 Å². The van der Waals surface area contributed by atoms with Crippen molar-refractivity contribution in [2.75, 3.05) is 0 Å². The molecular weight excluding hydrogens is 278 g/mol. The van der Waals surface area contributed by atoms with Crippen LogP contribution in [-0.2, 0) is 0 Å². The third-order valence-electron chi connectivity index (χ3n) is 2.57. The third-order valence-corrected chi connectivity index (χ3v) is 2.78. The maximum atomic E-state index is 13.8. The summed E-state index contributed by atoms with van der Waals surface area (Å²) in [6.07, 6.45) is 0. The summed E-state index contributed by atoms with van der Waals surface area (Å²) in [7, 11) is 0. The topological polar surface area (TPSA) is 56.0 Å². The molecule has 0 fully saturated rings. The Morgan fingerprint density at radius 3 is 2.53 bits per heavy atom. The molecule has 0 aliphatic carbocycles. The van der Waals surface area contributed by atoms with Crippen molar-refractivity contribution >= 4 is 17.3 Å². The molecule has 0 atom stereocenters. The molecule has 0 spiro atoms. The molecule has 7 heteroatoms. The van der Waals surface area contributed by atoms with Crippen molar-refractivity contribution in [1.82, 2.24) is 4.98 Å². The minimum absolute atomic E-state index is 0.0408. The molecule has 0 unspecified atom stereocenters. The van der Waals surface area contributed by atoms with Crippen LogP contribution in [0.15, 0.2) is 24.3 Å². The van der Waals surface area contributed by atoms with Gasteiger partial charge in [-0.25, -0.2) is 13.8 Å². The normalized spacial score (nSPS) is 10.5. The number of benzene rings is 1. The highest BCUT2D eigenvalue weighted by Gasteiger charge is 2.22. The second-order valence-electron chi connectivity index (χ2n) is 3.82. The average Bonchev–Trinajstić information content (AvgIpc) is 2.35. The van der Waals surface area contributed by atoms with Crippen molar-refractivity contribution in [3.05, 3.63) is 56.7 Å². The van der Waals surface area contributed by atoms with Crippen molar-refractivity contribution in [1.29, 1.82) is 0 Å². The molecular formula is C12H7ClF2N2O2. The average molecular weight is 285 g/mol. The van der Waals surface area contributed by atoms with Gasteiger partial charge in [-0.15, -0.1) is 0 Å². The van der Waals surface area contributed by atoms with Crippen LogP contribution in [0.25, 0.3) is 11.3 Å². The largest absolute Gasteiger partial charge is 0.295 e. The van der Waals surface area contributed by atoms with E-state index in [2.05, 4.69) is 4.98 Å². The first-order valence-electron chi connectivity index (χ1n) is 5.17. The summed E-state index contributed by atoms with van der Waals surface area (Å²) in [5, 5.41) is 10.8. The third kappa shape index (κ3) is 2.39. The van der Waals surface area contributed by atoms with Crippen LogP contribution in [0.3, 0.4) is 0 Å². The maximum Gasteiger partial charge on any atom is 0.295 e. The van der Waals surface area contributed by atoms with Crippen LogP contribution in [0.5, 0.6) is 0 Å². The van der Waals surface area contributed by atoms with Gasteiger partial charge in [-0.05, 0) is 24.6 Å². The van der Waals surface area contributed by atoms with Gasteiger partial charge in [-0.1, -0.05) is 17.7 Å². The zero-order valence-corrected chi connectivity index (χ0v) is 10.4. The molecule has 2 aromatic rings. The van der Waals surface area contributed by atoms with E-state index in [1.165, 1.54) is 25.1 Å². The molecule has 2 rings (SSSR count). The minimum atomic E-state index is -1.18. The molecule has 0 saturated heterocycles. The molecule has 98 valence electrons. The highest BCUT2D eigenvalue weighted by atomic mass is 35.5. The lowest BCUT2D eigenvalue weighted by Crippen LogP contribution is -1.99. The van der Waals surface area contributed by atoms with Crippen LogP contribution in [0, 0.1) is 28.7 Å². The van der Waals surface area contributed by atoms with Gasteiger partial charge in [0.1, 0.15) is 5.15 Å². The molecule has 1 aromatic heterocycles. The van der Waals surface area contributed by atoms with Crippen molar-refractivity contribution in [2.45, 2.75) is 6.92 Å². The Morgan fingerprint density at radius 2 is 1.89 bits per heavy atom. The standard InChI is InChI=1S/C12H7ClF2N2O2/c1-6-2-3-7(11(15)10(6)14)12-8(17(18)19)4-5-9(13)16-12/h2-5H,1H3. The van der Waals surface area contributed by atoms with Gasteiger partial charge in [-0.3, -0.25) is 10.1 Å². The van der Waals surface area contributed by atoms with Crippen molar-refractivity contribution < 1.29 is 13.7 Å². The monoisotopic (exact) mass is 284 g/mol. The van der Waals surface area contributed by atoms with E-state index >= 15 is 0 Å². The smallest absolute Gasteiger partial charge is 0.258 e. The molecule has 1 aromatic carbocycles. The lowest BCUT2D eigenvalue weighted by molar-refractivity contribution is -0.384. The second-order valence-corrected chi connectivity index (χ2v) is 4.20. The summed E-state index contributed by atoms with van der Waals surface area (Å²) in [6, 6.07) is 4.87.